The Morgan fingerprint density at radius 3 is 2.86 bits per heavy atom. The Kier molecular flexibility index (Phi) is 4.39. The van der Waals surface area contributed by atoms with Gasteiger partial charge in [0.05, 0.1) is 13.2 Å². The molecule has 1 unspecified atom stereocenters. The van der Waals surface area contributed by atoms with Crippen molar-refractivity contribution in [1.82, 2.24) is 4.90 Å². The Bertz CT molecular complexity index is 553. The highest BCUT2D eigenvalue weighted by molar-refractivity contribution is 5.83. The van der Waals surface area contributed by atoms with E-state index in [-0.39, 0.29) is 11.5 Å². The van der Waals surface area contributed by atoms with Crippen LogP contribution in [0, 0.1) is 13.8 Å². The normalized spacial score (nSPS) is 24.9. The number of rotatable bonds is 5. The number of cyclic esters (lactones) is 1. The largest absolute Gasteiger partial charge is 0.494 e. The standard InChI is InChI=1S/C18H25NO3/c1-14-5-6-16(13-15(14)2)21-11-4-10-19-9-3-7-18(19)8-12-22-17(18)20/h5-6,13H,3-4,7-12H2,1-2H3. The highest BCUT2D eigenvalue weighted by Crippen LogP contribution is 2.37. The number of aryl methyl sites for hydroxylation is 2. The lowest BCUT2D eigenvalue weighted by Gasteiger charge is -2.30. The van der Waals surface area contributed by atoms with E-state index in [0.29, 0.717) is 13.2 Å². The van der Waals surface area contributed by atoms with E-state index in [9.17, 15) is 4.79 Å². The summed E-state index contributed by atoms with van der Waals surface area (Å²) in [5, 5.41) is 0. The van der Waals surface area contributed by atoms with E-state index in [1.54, 1.807) is 0 Å². The van der Waals surface area contributed by atoms with Crippen molar-refractivity contribution in [1.29, 1.82) is 0 Å². The molecular weight excluding hydrogens is 278 g/mol. The molecule has 2 aliphatic rings. The van der Waals surface area contributed by atoms with Crippen molar-refractivity contribution in [2.75, 3.05) is 26.3 Å². The zero-order valence-electron chi connectivity index (χ0n) is 13.6. The molecular formula is C18H25NO3. The summed E-state index contributed by atoms with van der Waals surface area (Å²) in [6, 6.07) is 6.20. The van der Waals surface area contributed by atoms with E-state index >= 15 is 0 Å². The maximum Gasteiger partial charge on any atom is 0.326 e. The molecule has 0 radical (unpaired) electrons. The van der Waals surface area contributed by atoms with Crippen LogP contribution in [0.1, 0.15) is 36.8 Å². The van der Waals surface area contributed by atoms with E-state index in [2.05, 4.69) is 30.9 Å². The molecule has 0 bridgehead atoms. The summed E-state index contributed by atoms with van der Waals surface area (Å²) in [5.74, 6) is 0.916. The van der Waals surface area contributed by atoms with Gasteiger partial charge in [0.2, 0.25) is 0 Å². The van der Waals surface area contributed by atoms with Crippen LogP contribution in [0.3, 0.4) is 0 Å². The third kappa shape index (κ3) is 2.84. The van der Waals surface area contributed by atoms with Gasteiger partial charge in [0, 0.05) is 13.0 Å². The van der Waals surface area contributed by atoms with E-state index in [1.807, 2.05) is 6.07 Å². The van der Waals surface area contributed by atoms with Gasteiger partial charge in [-0.1, -0.05) is 6.07 Å². The Hall–Kier alpha value is -1.55. The van der Waals surface area contributed by atoms with Crippen LogP contribution in [0.2, 0.25) is 0 Å². The minimum absolute atomic E-state index is 0.0138. The second kappa shape index (κ2) is 6.29. The average molecular weight is 303 g/mol. The SMILES string of the molecule is Cc1ccc(OCCCN2CCCC23CCOC3=O)cc1C. The van der Waals surface area contributed by atoms with Crippen LogP contribution in [-0.4, -0.2) is 42.7 Å². The molecule has 2 fully saturated rings. The summed E-state index contributed by atoms with van der Waals surface area (Å²) in [4.78, 5) is 14.3. The number of hydrogen-bond donors (Lipinski definition) is 0. The summed E-state index contributed by atoms with van der Waals surface area (Å²) < 4.78 is 11.0. The quantitative estimate of drug-likeness (QED) is 0.619. The van der Waals surface area contributed by atoms with E-state index in [1.165, 1.54) is 11.1 Å². The fourth-order valence-corrected chi connectivity index (χ4v) is 3.57. The van der Waals surface area contributed by atoms with Crippen molar-refractivity contribution in [3.63, 3.8) is 0 Å². The van der Waals surface area contributed by atoms with Gasteiger partial charge >= 0.3 is 5.97 Å². The number of hydrogen-bond acceptors (Lipinski definition) is 4. The zero-order valence-corrected chi connectivity index (χ0v) is 13.6. The maximum absolute atomic E-state index is 12.0. The van der Waals surface area contributed by atoms with E-state index < -0.39 is 0 Å². The molecule has 1 aromatic carbocycles. The Morgan fingerprint density at radius 1 is 1.27 bits per heavy atom. The highest BCUT2D eigenvalue weighted by atomic mass is 16.5. The fraction of sp³-hybridized carbons (Fsp3) is 0.611. The molecule has 1 spiro atoms. The Labute approximate surface area is 132 Å². The summed E-state index contributed by atoms with van der Waals surface area (Å²) >= 11 is 0. The van der Waals surface area contributed by atoms with Gasteiger partial charge in [-0.2, -0.15) is 0 Å². The lowest BCUT2D eigenvalue weighted by molar-refractivity contribution is -0.146. The van der Waals surface area contributed by atoms with E-state index in [0.717, 1.165) is 44.5 Å². The van der Waals surface area contributed by atoms with Gasteiger partial charge in [0.25, 0.3) is 0 Å². The average Bonchev–Trinajstić information content (AvgIpc) is 3.07. The van der Waals surface area contributed by atoms with Crippen LogP contribution >= 0.6 is 0 Å². The maximum atomic E-state index is 12.0. The predicted octanol–water partition coefficient (Wildman–Crippen LogP) is 2.85. The molecule has 0 N–H and O–H groups in total. The van der Waals surface area contributed by atoms with Gasteiger partial charge in [-0.3, -0.25) is 9.69 Å². The molecule has 22 heavy (non-hydrogen) atoms. The van der Waals surface area contributed by atoms with Crippen molar-refractivity contribution in [2.45, 2.75) is 45.1 Å². The van der Waals surface area contributed by atoms with Crippen LogP contribution in [0.5, 0.6) is 5.75 Å². The fourth-order valence-electron chi connectivity index (χ4n) is 3.57. The first kappa shape index (κ1) is 15.3. The van der Waals surface area contributed by atoms with Gasteiger partial charge in [0.1, 0.15) is 11.3 Å². The van der Waals surface area contributed by atoms with Crippen LogP contribution in [0.4, 0.5) is 0 Å². The molecule has 3 rings (SSSR count). The lowest BCUT2D eigenvalue weighted by Crippen LogP contribution is -2.48. The first-order chi connectivity index (χ1) is 10.6. The molecule has 120 valence electrons. The van der Waals surface area contributed by atoms with Crippen LogP contribution in [0.25, 0.3) is 0 Å². The third-order valence-electron chi connectivity index (χ3n) is 5.07. The molecule has 0 aromatic heterocycles. The summed E-state index contributed by atoms with van der Waals surface area (Å²) in [6.07, 6.45) is 3.82. The van der Waals surface area contributed by atoms with Crippen molar-refractivity contribution in [2.24, 2.45) is 0 Å². The summed E-state index contributed by atoms with van der Waals surface area (Å²) in [7, 11) is 0. The van der Waals surface area contributed by atoms with Gasteiger partial charge in [-0.25, -0.2) is 0 Å². The van der Waals surface area contributed by atoms with Crippen molar-refractivity contribution in [3.05, 3.63) is 29.3 Å². The molecule has 1 aromatic rings. The van der Waals surface area contributed by atoms with Crippen molar-refractivity contribution in [3.8, 4) is 5.75 Å². The van der Waals surface area contributed by atoms with Crippen LogP contribution in [-0.2, 0) is 9.53 Å². The van der Waals surface area contributed by atoms with Crippen LogP contribution in [0.15, 0.2) is 18.2 Å². The topological polar surface area (TPSA) is 38.8 Å². The molecule has 0 saturated carbocycles. The monoisotopic (exact) mass is 303 g/mol. The molecule has 1 atom stereocenters. The molecule has 4 nitrogen and oxygen atoms in total. The van der Waals surface area contributed by atoms with Crippen molar-refractivity contribution < 1.29 is 14.3 Å². The molecule has 2 saturated heterocycles. The van der Waals surface area contributed by atoms with E-state index in [4.69, 9.17) is 9.47 Å². The Balaban J connectivity index is 1.49. The molecule has 2 aliphatic heterocycles. The molecule has 2 heterocycles. The number of nitrogens with zero attached hydrogens (tertiary/aromatic N) is 1. The molecule has 0 aliphatic carbocycles. The number of ether oxygens (including phenoxy) is 2. The molecule has 0 amide bonds. The van der Waals surface area contributed by atoms with Gasteiger partial charge < -0.3 is 9.47 Å². The summed E-state index contributed by atoms with van der Waals surface area (Å²) in [5.41, 5.74) is 2.22. The number of carbonyl (C=O) groups is 1. The number of esters is 1. The number of benzene rings is 1. The summed E-state index contributed by atoms with van der Waals surface area (Å²) in [6.45, 7) is 7.37. The second-order valence-corrected chi connectivity index (χ2v) is 6.46. The van der Waals surface area contributed by atoms with Crippen LogP contribution < -0.4 is 4.74 Å². The minimum atomic E-state index is -0.319. The first-order valence-corrected chi connectivity index (χ1v) is 8.24. The van der Waals surface area contributed by atoms with Crippen molar-refractivity contribution >= 4 is 5.97 Å². The third-order valence-corrected chi connectivity index (χ3v) is 5.07. The number of carbonyl (C=O) groups excluding carboxylic acids is 1. The number of likely N-dealkylation sites (tertiary alicyclic amines) is 1. The van der Waals surface area contributed by atoms with Gasteiger partial charge in [0.15, 0.2) is 0 Å². The smallest absolute Gasteiger partial charge is 0.326 e. The molecule has 4 heteroatoms. The van der Waals surface area contributed by atoms with Gasteiger partial charge in [-0.15, -0.1) is 0 Å². The van der Waals surface area contributed by atoms with Gasteiger partial charge in [-0.05, 0) is 62.9 Å². The second-order valence-electron chi connectivity index (χ2n) is 6.46. The first-order valence-electron chi connectivity index (χ1n) is 8.24. The lowest BCUT2D eigenvalue weighted by atomic mass is 9.94. The minimum Gasteiger partial charge on any atom is -0.494 e. The predicted molar refractivity (Wildman–Crippen MR) is 85.1 cm³/mol. The zero-order chi connectivity index (χ0) is 15.6. The Morgan fingerprint density at radius 2 is 2.14 bits per heavy atom. The highest BCUT2D eigenvalue weighted by Gasteiger charge is 2.51.